The molecule has 0 aliphatic heterocycles. The van der Waals surface area contributed by atoms with Gasteiger partial charge < -0.3 is 4.98 Å². The van der Waals surface area contributed by atoms with Gasteiger partial charge in [0.05, 0.1) is 4.90 Å². The van der Waals surface area contributed by atoms with Crippen LogP contribution in [0, 0.1) is 0 Å². The quantitative estimate of drug-likeness (QED) is 0.454. The van der Waals surface area contributed by atoms with Crippen LogP contribution in [0.2, 0.25) is 0 Å². The zero-order valence-corrected chi connectivity index (χ0v) is 16.4. The maximum absolute atomic E-state index is 12.6. The third-order valence-electron chi connectivity index (χ3n) is 4.91. The van der Waals surface area contributed by atoms with Crippen LogP contribution in [0.3, 0.4) is 0 Å². The predicted molar refractivity (Wildman–Crippen MR) is 114 cm³/mol. The summed E-state index contributed by atoms with van der Waals surface area (Å²) in [5.41, 5.74) is 4.54. The van der Waals surface area contributed by atoms with Crippen molar-refractivity contribution in [3.05, 3.63) is 90.1 Å². The number of hydrogen-bond donors (Lipinski definition) is 2. The molecule has 29 heavy (non-hydrogen) atoms. The first-order chi connectivity index (χ1) is 14.1. The van der Waals surface area contributed by atoms with E-state index in [0.29, 0.717) is 18.5 Å². The number of sulfonamides is 1. The van der Waals surface area contributed by atoms with Gasteiger partial charge in [0.25, 0.3) is 0 Å². The summed E-state index contributed by atoms with van der Waals surface area (Å²) in [4.78, 5) is 14.2. The highest BCUT2D eigenvalue weighted by Gasteiger charge is 2.14. The number of rotatable bonds is 7. The van der Waals surface area contributed by atoms with Gasteiger partial charge in [-0.1, -0.05) is 54.6 Å². The fourth-order valence-electron chi connectivity index (χ4n) is 3.32. The highest BCUT2D eigenvalue weighted by Crippen LogP contribution is 2.22. The van der Waals surface area contributed by atoms with Gasteiger partial charge in [-0.25, -0.2) is 13.1 Å². The number of hydrogen-bond acceptors (Lipinski definition) is 3. The number of aromatic nitrogens is 1. The van der Waals surface area contributed by atoms with Gasteiger partial charge in [-0.05, 0) is 41.3 Å². The molecule has 0 spiro atoms. The summed E-state index contributed by atoms with van der Waals surface area (Å²) in [5.74, 6) is 0. The zero-order chi connectivity index (χ0) is 20.3. The van der Waals surface area contributed by atoms with E-state index in [4.69, 9.17) is 0 Å². The molecule has 0 amide bonds. The minimum absolute atomic E-state index is 0.227. The fraction of sp³-hybridized carbons (Fsp3) is 0.0870. The third kappa shape index (κ3) is 4.13. The Bertz CT molecular complexity index is 1240. The largest absolute Gasteiger partial charge is 0.361 e. The molecular formula is C23H20N2O3S. The molecule has 3 aromatic carbocycles. The molecule has 0 atom stereocenters. The maximum atomic E-state index is 12.6. The number of para-hydroxylation sites is 1. The molecule has 1 heterocycles. The first-order valence-electron chi connectivity index (χ1n) is 9.27. The molecule has 0 unspecified atom stereocenters. The van der Waals surface area contributed by atoms with E-state index in [1.165, 1.54) is 0 Å². The average molecular weight is 404 g/mol. The van der Waals surface area contributed by atoms with E-state index in [-0.39, 0.29) is 4.90 Å². The predicted octanol–water partition coefficient (Wildman–Crippen LogP) is 4.17. The van der Waals surface area contributed by atoms with Crippen LogP contribution >= 0.6 is 0 Å². The standard InChI is InChI=1S/C23H20N2O3S/c26-16-17-5-7-18(8-6-17)19-9-11-21(12-10-19)29(27,28)25-14-13-20-15-24-23-4-2-1-3-22(20)23/h1-12,15-16,24-25H,13-14H2. The molecule has 146 valence electrons. The molecule has 0 radical (unpaired) electrons. The zero-order valence-electron chi connectivity index (χ0n) is 15.6. The Hall–Kier alpha value is -3.22. The molecule has 0 bridgehead atoms. The van der Waals surface area contributed by atoms with Crippen molar-refractivity contribution in [1.29, 1.82) is 0 Å². The Morgan fingerprint density at radius 1 is 0.862 bits per heavy atom. The summed E-state index contributed by atoms with van der Waals surface area (Å²) >= 11 is 0. The van der Waals surface area contributed by atoms with Crippen molar-refractivity contribution >= 4 is 27.2 Å². The Kier molecular flexibility index (Phi) is 5.29. The molecule has 0 saturated carbocycles. The van der Waals surface area contributed by atoms with E-state index in [1.807, 2.05) is 42.6 Å². The Balaban J connectivity index is 1.43. The number of H-pyrrole nitrogens is 1. The van der Waals surface area contributed by atoms with Gasteiger partial charge in [0.15, 0.2) is 0 Å². The minimum Gasteiger partial charge on any atom is -0.361 e. The lowest BCUT2D eigenvalue weighted by Gasteiger charge is -2.08. The molecule has 1 aromatic heterocycles. The smallest absolute Gasteiger partial charge is 0.240 e. The molecule has 0 aliphatic rings. The second kappa shape index (κ2) is 8.03. The van der Waals surface area contributed by atoms with Crippen LogP contribution in [0.15, 0.2) is 83.9 Å². The topological polar surface area (TPSA) is 79.0 Å². The monoisotopic (exact) mass is 404 g/mol. The molecule has 4 aromatic rings. The molecule has 0 saturated heterocycles. The summed E-state index contributed by atoms with van der Waals surface area (Å²) < 4.78 is 27.9. The molecular weight excluding hydrogens is 384 g/mol. The third-order valence-corrected chi connectivity index (χ3v) is 6.38. The number of carbonyl (C=O) groups is 1. The molecule has 0 aliphatic carbocycles. The number of carbonyl (C=O) groups excluding carboxylic acids is 1. The average Bonchev–Trinajstić information content (AvgIpc) is 3.17. The van der Waals surface area contributed by atoms with Crippen molar-refractivity contribution in [2.75, 3.05) is 6.54 Å². The van der Waals surface area contributed by atoms with Gasteiger partial charge in [-0.15, -0.1) is 0 Å². The normalized spacial score (nSPS) is 11.6. The van der Waals surface area contributed by atoms with Gasteiger partial charge >= 0.3 is 0 Å². The second-order valence-corrected chi connectivity index (χ2v) is 8.54. The SMILES string of the molecule is O=Cc1ccc(-c2ccc(S(=O)(=O)NCCc3c[nH]c4ccccc34)cc2)cc1. The van der Waals surface area contributed by atoms with Crippen LogP contribution in [-0.4, -0.2) is 26.2 Å². The molecule has 5 nitrogen and oxygen atoms in total. The van der Waals surface area contributed by atoms with E-state index < -0.39 is 10.0 Å². The number of aldehydes is 1. The second-order valence-electron chi connectivity index (χ2n) is 6.77. The Labute approximate surface area is 169 Å². The highest BCUT2D eigenvalue weighted by atomic mass is 32.2. The van der Waals surface area contributed by atoms with Crippen molar-refractivity contribution in [3.63, 3.8) is 0 Å². The van der Waals surface area contributed by atoms with E-state index in [9.17, 15) is 13.2 Å². The van der Waals surface area contributed by atoms with Crippen molar-refractivity contribution in [2.24, 2.45) is 0 Å². The van der Waals surface area contributed by atoms with Crippen LogP contribution in [0.4, 0.5) is 0 Å². The van der Waals surface area contributed by atoms with Crippen molar-refractivity contribution < 1.29 is 13.2 Å². The minimum atomic E-state index is -3.58. The summed E-state index contributed by atoms with van der Waals surface area (Å²) in [6, 6.07) is 21.8. The number of benzene rings is 3. The highest BCUT2D eigenvalue weighted by molar-refractivity contribution is 7.89. The van der Waals surface area contributed by atoms with E-state index in [1.54, 1.807) is 36.4 Å². The lowest BCUT2D eigenvalue weighted by Crippen LogP contribution is -2.25. The summed E-state index contributed by atoms with van der Waals surface area (Å²) in [5, 5.41) is 1.11. The number of nitrogens with one attached hydrogen (secondary N) is 2. The summed E-state index contributed by atoms with van der Waals surface area (Å²) in [6.07, 6.45) is 3.31. The van der Waals surface area contributed by atoms with E-state index >= 15 is 0 Å². The van der Waals surface area contributed by atoms with Crippen LogP contribution in [0.1, 0.15) is 15.9 Å². The van der Waals surface area contributed by atoms with Gasteiger partial charge in [0.2, 0.25) is 10.0 Å². The van der Waals surface area contributed by atoms with Gasteiger partial charge in [-0.3, -0.25) is 4.79 Å². The molecule has 0 fully saturated rings. The first kappa shape index (κ1) is 19.1. The first-order valence-corrected chi connectivity index (χ1v) is 10.8. The van der Waals surface area contributed by atoms with Gasteiger partial charge in [0, 0.05) is 29.2 Å². The van der Waals surface area contributed by atoms with Crippen LogP contribution in [0.25, 0.3) is 22.0 Å². The molecule has 2 N–H and O–H groups in total. The van der Waals surface area contributed by atoms with Gasteiger partial charge in [0.1, 0.15) is 6.29 Å². The van der Waals surface area contributed by atoms with E-state index in [2.05, 4.69) is 9.71 Å². The Morgan fingerprint density at radius 2 is 1.52 bits per heavy atom. The number of aromatic amines is 1. The summed E-state index contributed by atoms with van der Waals surface area (Å²) in [7, 11) is -3.58. The maximum Gasteiger partial charge on any atom is 0.240 e. The van der Waals surface area contributed by atoms with Gasteiger partial charge in [-0.2, -0.15) is 0 Å². The lowest BCUT2D eigenvalue weighted by atomic mass is 10.0. The summed E-state index contributed by atoms with van der Waals surface area (Å²) in [6.45, 7) is 0.319. The number of fused-ring (bicyclic) bond motifs is 1. The van der Waals surface area contributed by atoms with Crippen molar-refractivity contribution in [3.8, 4) is 11.1 Å². The van der Waals surface area contributed by atoms with Crippen LogP contribution in [-0.2, 0) is 16.4 Å². The van der Waals surface area contributed by atoms with Crippen molar-refractivity contribution in [2.45, 2.75) is 11.3 Å². The molecule has 6 heteroatoms. The van der Waals surface area contributed by atoms with Crippen LogP contribution < -0.4 is 4.72 Å². The fourth-order valence-corrected chi connectivity index (χ4v) is 4.35. The van der Waals surface area contributed by atoms with Crippen molar-refractivity contribution in [1.82, 2.24) is 9.71 Å². The lowest BCUT2D eigenvalue weighted by molar-refractivity contribution is 0.112. The van der Waals surface area contributed by atoms with Crippen LogP contribution in [0.5, 0.6) is 0 Å². The van der Waals surface area contributed by atoms with E-state index in [0.717, 1.165) is 33.9 Å². The Morgan fingerprint density at radius 3 is 2.21 bits per heavy atom. The molecule has 4 rings (SSSR count).